The van der Waals surface area contributed by atoms with Crippen LogP contribution >= 0.6 is 23.3 Å². The van der Waals surface area contributed by atoms with Gasteiger partial charge in [-0.2, -0.15) is 4.37 Å². The molecule has 2 aromatic rings. The Labute approximate surface area is 104 Å². The number of rotatable bonds is 4. The Morgan fingerprint density at radius 2 is 2.18 bits per heavy atom. The molecule has 3 nitrogen and oxygen atoms in total. The highest BCUT2D eigenvalue weighted by Crippen LogP contribution is 2.20. The molecule has 0 aliphatic carbocycles. The van der Waals surface area contributed by atoms with Gasteiger partial charge < -0.3 is 0 Å². The van der Waals surface area contributed by atoms with E-state index in [1.165, 1.54) is 35.7 Å². The Morgan fingerprint density at radius 1 is 1.35 bits per heavy atom. The fourth-order valence-corrected chi connectivity index (χ4v) is 2.45. The van der Waals surface area contributed by atoms with Crippen molar-refractivity contribution in [3.63, 3.8) is 0 Å². The molecule has 0 spiro atoms. The van der Waals surface area contributed by atoms with Crippen molar-refractivity contribution in [2.75, 3.05) is 5.75 Å². The molecular formula is C10H6F2N2OS2. The number of ketones is 1. The maximum atomic E-state index is 12.9. The first-order chi connectivity index (χ1) is 8.16. The Balaban J connectivity index is 2.02. The van der Waals surface area contributed by atoms with Gasteiger partial charge in [-0.25, -0.2) is 13.8 Å². The molecule has 0 aliphatic heterocycles. The third kappa shape index (κ3) is 3.07. The maximum absolute atomic E-state index is 12.9. The third-order valence-electron chi connectivity index (χ3n) is 1.91. The van der Waals surface area contributed by atoms with Crippen LogP contribution in [0.3, 0.4) is 0 Å². The van der Waals surface area contributed by atoms with Crippen molar-refractivity contribution in [1.82, 2.24) is 9.36 Å². The third-order valence-corrected chi connectivity index (χ3v) is 3.71. The van der Waals surface area contributed by atoms with Crippen LogP contribution in [0.1, 0.15) is 10.4 Å². The van der Waals surface area contributed by atoms with Crippen LogP contribution < -0.4 is 0 Å². The molecule has 0 N–H and O–H groups in total. The Kier molecular flexibility index (Phi) is 3.80. The largest absolute Gasteiger partial charge is 0.293 e. The normalized spacial score (nSPS) is 10.5. The predicted molar refractivity (Wildman–Crippen MR) is 61.3 cm³/mol. The second kappa shape index (κ2) is 5.33. The fourth-order valence-electron chi connectivity index (χ4n) is 1.11. The number of nitrogens with zero attached hydrogens (tertiary/aromatic N) is 2. The van der Waals surface area contributed by atoms with Gasteiger partial charge in [-0.05, 0) is 29.7 Å². The number of hydrogen-bond donors (Lipinski definition) is 0. The van der Waals surface area contributed by atoms with Gasteiger partial charge in [-0.1, -0.05) is 11.8 Å². The quantitative estimate of drug-likeness (QED) is 0.634. The van der Waals surface area contributed by atoms with Crippen molar-refractivity contribution in [3.8, 4) is 0 Å². The zero-order valence-corrected chi connectivity index (χ0v) is 10.0. The summed E-state index contributed by atoms with van der Waals surface area (Å²) in [7, 11) is 0. The second-order valence-corrected chi connectivity index (χ2v) is 5.05. The van der Waals surface area contributed by atoms with Gasteiger partial charge in [0.1, 0.15) is 6.33 Å². The van der Waals surface area contributed by atoms with Gasteiger partial charge >= 0.3 is 0 Å². The van der Waals surface area contributed by atoms with Crippen molar-refractivity contribution in [3.05, 3.63) is 41.7 Å². The summed E-state index contributed by atoms with van der Waals surface area (Å²) in [5.74, 6) is -2.13. The number of benzene rings is 1. The van der Waals surface area contributed by atoms with Crippen LogP contribution in [-0.4, -0.2) is 20.9 Å². The molecule has 88 valence electrons. The van der Waals surface area contributed by atoms with E-state index < -0.39 is 11.6 Å². The maximum Gasteiger partial charge on any atom is 0.173 e. The van der Waals surface area contributed by atoms with E-state index in [1.54, 1.807) is 0 Å². The lowest BCUT2D eigenvalue weighted by atomic mass is 10.1. The summed E-state index contributed by atoms with van der Waals surface area (Å²) in [6.07, 6.45) is 1.40. The van der Waals surface area contributed by atoms with Crippen LogP contribution in [0, 0.1) is 11.6 Å². The lowest BCUT2D eigenvalue weighted by Gasteiger charge is -2.00. The molecule has 1 aromatic heterocycles. The summed E-state index contributed by atoms with van der Waals surface area (Å²) in [5.41, 5.74) is 0.154. The molecule has 1 aromatic carbocycles. The molecule has 0 radical (unpaired) electrons. The highest BCUT2D eigenvalue weighted by molar-refractivity contribution is 8.01. The van der Waals surface area contributed by atoms with E-state index in [0.29, 0.717) is 4.34 Å². The molecule has 0 unspecified atom stereocenters. The van der Waals surface area contributed by atoms with Crippen molar-refractivity contribution in [1.29, 1.82) is 0 Å². The molecule has 0 bridgehead atoms. The van der Waals surface area contributed by atoms with E-state index >= 15 is 0 Å². The number of Topliss-reactive ketones (excluding diaryl/α,β-unsaturated/α-hetero) is 1. The molecule has 0 saturated carbocycles. The van der Waals surface area contributed by atoms with E-state index in [9.17, 15) is 13.6 Å². The molecule has 0 atom stereocenters. The summed E-state index contributed by atoms with van der Waals surface area (Å²) in [6, 6.07) is 3.11. The summed E-state index contributed by atoms with van der Waals surface area (Å²) in [4.78, 5) is 15.5. The number of aromatic nitrogens is 2. The zero-order chi connectivity index (χ0) is 12.3. The van der Waals surface area contributed by atoms with Crippen molar-refractivity contribution in [2.24, 2.45) is 0 Å². The second-order valence-electron chi connectivity index (χ2n) is 3.05. The molecule has 0 saturated heterocycles. The Bertz CT molecular complexity index is 531. The Hall–Kier alpha value is -1.34. The van der Waals surface area contributed by atoms with Crippen LogP contribution in [0.4, 0.5) is 8.78 Å². The van der Waals surface area contributed by atoms with Gasteiger partial charge in [0.2, 0.25) is 0 Å². The average Bonchev–Trinajstić information content (AvgIpc) is 2.82. The van der Waals surface area contributed by atoms with Gasteiger partial charge in [0.15, 0.2) is 21.8 Å². The number of carbonyl (C=O) groups excluding carboxylic acids is 1. The summed E-state index contributed by atoms with van der Waals surface area (Å²) >= 11 is 2.40. The minimum Gasteiger partial charge on any atom is -0.293 e. The van der Waals surface area contributed by atoms with E-state index in [0.717, 1.165) is 12.1 Å². The number of halogens is 2. The first kappa shape index (κ1) is 12.1. The van der Waals surface area contributed by atoms with Gasteiger partial charge in [-0.15, -0.1) is 0 Å². The van der Waals surface area contributed by atoms with Crippen molar-refractivity contribution in [2.45, 2.75) is 4.34 Å². The summed E-state index contributed by atoms with van der Waals surface area (Å²) in [6.45, 7) is 0. The molecule has 17 heavy (non-hydrogen) atoms. The van der Waals surface area contributed by atoms with Crippen LogP contribution in [0.15, 0.2) is 28.9 Å². The average molecular weight is 272 g/mol. The zero-order valence-electron chi connectivity index (χ0n) is 8.39. The van der Waals surface area contributed by atoms with Crippen LogP contribution in [0.5, 0.6) is 0 Å². The molecule has 0 aliphatic rings. The highest BCUT2D eigenvalue weighted by atomic mass is 32.2. The van der Waals surface area contributed by atoms with Crippen LogP contribution in [0.2, 0.25) is 0 Å². The number of hydrogen-bond acceptors (Lipinski definition) is 5. The van der Waals surface area contributed by atoms with Crippen LogP contribution in [-0.2, 0) is 0 Å². The first-order valence-corrected chi connectivity index (χ1v) is 6.30. The molecule has 0 amide bonds. The van der Waals surface area contributed by atoms with E-state index in [1.807, 2.05) is 0 Å². The van der Waals surface area contributed by atoms with E-state index in [4.69, 9.17) is 0 Å². The standard InChI is InChI=1S/C10H6F2N2OS2/c11-7-2-1-6(3-8(7)12)9(15)4-16-10-13-5-14-17-10/h1-3,5H,4H2. The molecule has 0 fully saturated rings. The lowest BCUT2D eigenvalue weighted by molar-refractivity contribution is 0.102. The van der Waals surface area contributed by atoms with Crippen molar-refractivity contribution >= 4 is 29.1 Å². The Morgan fingerprint density at radius 3 is 2.82 bits per heavy atom. The SMILES string of the molecule is O=C(CSc1ncns1)c1ccc(F)c(F)c1. The topological polar surface area (TPSA) is 42.9 Å². The fraction of sp³-hybridized carbons (Fsp3) is 0.100. The smallest absolute Gasteiger partial charge is 0.173 e. The van der Waals surface area contributed by atoms with E-state index in [2.05, 4.69) is 9.36 Å². The molecule has 7 heteroatoms. The first-order valence-electron chi connectivity index (χ1n) is 4.54. The minimum absolute atomic E-state index is 0.125. The van der Waals surface area contributed by atoms with Crippen LogP contribution in [0.25, 0.3) is 0 Å². The predicted octanol–water partition coefficient (Wildman–Crippen LogP) is 2.79. The number of thioether (sulfide) groups is 1. The molecule has 2 rings (SSSR count). The van der Waals surface area contributed by atoms with Gasteiger partial charge in [0.05, 0.1) is 5.75 Å². The monoisotopic (exact) mass is 272 g/mol. The number of carbonyl (C=O) groups is 1. The van der Waals surface area contributed by atoms with Crippen molar-refractivity contribution < 1.29 is 13.6 Å². The van der Waals surface area contributed by atoms with Gasteiger partial charge in [0.25, 0.3) is 0 Å². The summed E-state index contributed by atoms with van der Waals surface area (Å²) < 4.78 is 30.0. The van der Waals surface area contributed by atoms with Gasteiger partial charge in [-0.3, -0.25) is 4.79 Å². The summed E-state index contributed by atoms with van der Waals surface area (Å²) in [5, 5.41) is 0. The molecule has 1 heterocycles. The minimum atomic E-state index is -1.02. The van der Waals surface area contributed by atoms with E-state index in [-0.39, 0.29) is 17.1 Å². The highest BCUT2D eigenvalue weighted by Gasteiger charge is 2.11. The van der Waals surface area contributed by atoms with Gasteiger partial charge in [0, 0.05) is 5.56 Å². The lowest BCUT2D eigenvalue weighted by Crippen LogP contribution is -2.03. The molecular weight excluding hydrogens is 266 g/mol.